The molecule has 1 aliphatic rings. The van der Waals surface area contributed by atoms with Crippen molar-refractivity contribution in [2.45, 2.75) is 39.8 Å². The van der Waals surface area contributed by atoms with Crippen molar-refractivity contribution < 1.29 is 9.53 Å². The molecule has 1 saturated heterocycles. The van der Waals surface area contributed by atoms with Gasteiger partial charge >= 0.3 is 0 Å². The van der Waals surface area contributed by atoms with Gasteiger partial charge in [0.25, 0.3) is 0 Å². The van der Waals surface area contributed by atoms with E-state index in [1.165, 1.54) is 0 Å². The number of aryl methyl sites for hydroxylation is 3. The molecule has 1 fully saturated rings. The van der Waals surface area contributed by atoms with Crippen LogP contribution in [0, 0.1) is 19.8 Å². The van der Waals surface area contributed by atoms with E-state index in [2.05, 4.69) is 15.4 Å². The van der Waals surface area contributed by atoms with Crippen LogP contribution in [0.1, 0.15) is 36.4 Å². The number of nitrogens with one attached hydrogen (secondary N) is 1. The van der Waals surface area contributed by atoms with Gasteiger partial charge in [0.2, 0.25) is 5.91 Å². The molecule has 1 amide bonds. The Balaban J connectivity index is 1.75. The molecule has 1 aliphatic heterocycles. The van der Waals surface area contributed by atoms with E-state index in [0.29, 0.717) is 13.0 Å². The molecular formula is C17H22N4O2. The third-order valence-corrected chi connectivity index (χ3v) is 4.22. The third kappa shape index (κ3) is 3.27. The van der Waals surface area contributed by atoms with Gasteiger partial charge in [-0.1, -0.05) is 0 Å². The first-order valence-corrected chi connectivity index (χ1v) is 7.97. The van der Waals surface area contributed by atoms with Gasteiger partial charge in [0.15, 0.2) is 0 Å². The smallest absolute Gasteiger partial charge is 0.230 e. The first-order valence-electron chi connectivity index (χ1n) is 7.97. The van der Waals surface area contributed by atoms with Gasteiger partial charge in [0, 0.05) is 30.6 Å². The second-order valence-corrected chi connectivity index (χ2v) is 5.89. The molecule has 6 heteroatoms. The average molecular weight is 314 g/mol. The Labute approximate surface area is 135 Å². The van der Waals surface area contributed by atoms with Crippen LogP contribution in [0.25, 0.3) is 0 Å². The zero-order valence-electron chi connectivity index (χ0n) is 13.7. The lowest BCUT2D eigenvalue weighted by molar-refractivity contribution is -0.121. The summed E-state index contributed by atoms with van der Waals surface area (Å²) in [5.74, 6) is -0.226. The highest BCUT2D eigenvalue weighted by Crippen LogP contribution is 2.35. The molecule has 0 aliphatic carbocycles. The average Bonchev–Trinajstić information content (AvgIpc) is 3.17. The van der Waals surface area contributed by atoms with Crippen LogP contribution in [0.3, 0.4) is 0 Å². The molecule has 0 saturated carbocycles. The molecule has 0 bridgehead atoms. The Bertz CT molecular complexity index is 710. The van der Waals surface area contributed by atoms with Crippen LogP contribution >= 0.6 is 0 Å². The Kier molecular flexibility index (Phi) is 4.43. The van der Waals surface area contributed by atoms with Crippen molar-refractivity contribution in [2.24, 2.45) is 5.92 Å². The number of nitrogens with zero attached hydrogens (tertiary/aromatic N) is 3. The van der Waals surface area contributed by atoms with Crippen LogP contribution in [0.5, 0.6) is 0 Å². The van der Waals surface area contributed by atoms with Gasteiger partial charge in [-0.3, -0.25) is 14.5 Å². The number of anilines is 1. The topological polar surface area (TPSA) is 69.0 Å². The Morgan fingerprint density at radius 3 is 2.96 bits per heavy atom. The minimum Gasteiger partial charge on any atom is -0.373 e. The van der Waals surface area contributed by atoms with Crippen LogP contribution in [-0.4, -0.2) is 27.3 Å². The fraction of sp³-hybridized carbons (Fsp3) is 0.471. The maximum atomic E-state index is 12.7. The molecule has 2 atom stereocenters. The van der Waals surface area contributed by atoms with E-state index in [4.69, 9.17) is 4.74 Å². The van der Waals surface area contributed by atoms with E-state index in [1.54, 1.807) is 6.20 Å². The van der Waals surface area contributed by atoms with Gasteiger partial charge in [-0.25, -0.2) is 0 Å². The first kappa shape index (κ1) is 15.7. The summed E-state index contributed by atoms with van der Waals surface area (Å²) in [7, 11) is 0. The molecule has 0 aromatic carbocycles. The summed E-state index contributed by atoms with van der Waals surface area (Å²) in [6, 6.07) is 3.80. The maximum Gasteiger partial charge on any atom is 0.230 e. The van der Waals surface area contributed by atoms with Crippen molar-refractivity contribution in [3.05, 3.63) is 41.5 Å². The zero-order chi connectivity index (χ0) is 16.4. The number of rotatable bonds is 4. The van der Waals surface area contributed by atoms with E-state index in [9.17, 15) is 4.79 Å². The summed E-state index contributed by atoms with van der Waals surface area (Å²) in [4.78, 5) is 17.1. The molecule has 2 aromatic heterocycles. The lowest BCUT2D eigenvalue weighted by Crippen LogP contribution is -2.25. The highest BCUT2D eigenvalue weighted by atomic mass is 16.5. The van der Waals surface area contributed by atoms with Crippen molar-refractivity contribution in [3.8, 4) is 0 Å². The van der Waals surface area contributed by atoms with Crippen LogP contribution in [-0.2, 0) is 16.1 Å². The molecule has 2 aromatic rings. The fourth-order valence-electron chi connectivity index (χ4n) is 2.93. The van der Waals surface area contributed by atoms with Gasteiger partial charge in [-0.2, -0.15) is 5.10 Å². The van der Waals surface area contributed by atoms with Crippen LogP contribution in [0.2, 0.25) is 0 Å². The minimum atomic E-state index is -0.228. The van der Waals surface area contributed by atoms with E-state index >= 15 is 0 Å². The fourth-order valence-corrected chi connectivity index (χ4v) is 2.93. The summed E-state index contributed by atoms with van der Waals surface area (Å²) in [5, 5.41) is 7.27. The number of carbonyl (C=O) groups excluding carboxylic acids is 1. The number of amides is 1. The van der Waals surface area contributed by atoms with Gasteiger partial charge in [0.05, 0.1) is 29.6 Å². The summed E-state index contributed by atoms with van der Waals surface area (Å²) in [6.07, 6.45) is 4.23. The molecule has 3 heterocycles. The number of carbonyl (C=O) groups is 1. The number of hydrogen-bond donors (Lipinski definition) is 1. The second kappa shape index (κ2) is 6.50. The normalized spacial score (nSPS) is 20.7. The van der Waals surface area contributed by atoms with Crippen molar-refractivity contribution in [1.82, 2.24) is 14.8 Å². The number of hydrogen-bond acceptors (Lipinski definition) is 4. The number of aromatic nitrogens is 3. The summed E-state index contributed by atoms with van der Waals surface area (Å²) in [5.41, 5.74) is 3.49. The molecule has 122 valence electrons. The molecule has 3 rings (SSSR count). The van der Waals surface area contributed by atoms with E-state index in [1.807, 2.05) is 43.8 Å². The van der Waals surface area contributed by atoms with Crippen LogP contribution in [0.4, 0.5) is 5.69 Å². The van der Waals surface area contributed by atoms with E-state index in [-0.39, 0.29) is 17.9 Å². The molecule has 0 radical (unpaired) electrons. The largest absolute Gasteiger partial charge is 0.373 e. The van der Waals surface area contributed by atoms with Gasteiger partial charge < -0.3 is 10.1 Å². The minimum absolute atomic E-state index is 0.0227. The predicted octanol–water partition coefficient (Wildman–Crippen LogP) is 2.63. The maximum absolute atomic E-state index is 12.7. The summed E-state index contributed by atoms with van der Waals surface area (Å²) >= 11 is 0. The SMILES string of the molecule is CCn1cc([C@H]2OCC[C@@H]2C(=O)Nc2ccc(C)nc2C)cn1. The molecular weight excluding hydrogens is 292 g/mol. The van der Waals surface area contributed by atoms with E-state index in [0.717, 1.165) is 29.2 Å². The molecule has 23 heavy (non-hydrogen) atoms. The molecule has 6 nitrogen and oxygen atoms in total. The Morgan fingerprint density at radius 1 is 1.43 bits per heavy atom. The van der Waals surface area contributed by atoms with Crippen molar-refractivity contribution in [1.29, 1.82) is 0 Å². The zero-order valence-corrected chi connectivity index (χ0v) is 13.7. The van der Waals surface area contributed by atoms with Crippen molar-refractivity contribution in [2.75, 3.05) is 11.9 Å². The Hall–Kier alpha value is -2.21. The lowest BCUT2D eigenvalue weighted by Gasteiger charge is -2.17. The van der Waals surface area contributed by atoms with Crippen LogP contribution < -0.4 is 5.32 Å². The quantitative estimate of drug-likeness (QED) is 0.942. The van der Waals surface area contributed by atoms with Crippen LogP contribution in [0.15, 0.2) is 24.5 Å². The summed E-state index contributed by atoms with van der Waals surface area (Å²) in [6.45, 7) is 7.26. The lowest BCUT2D eigenvalue weighted by atomic mass is 9.96. The monoisotopic (exact) mass is 314 g/mol. The number of ether oxygens (including phenoxy) is 1. The highest BCUT2D eigenvalue weighted by Gasteiger charge is 2.36. The standard InChI is InChI=1S/C17H22N4O2/c1-4-21-10-13(9-18-21)16-14(7-8-23-16)17(22)20-15-6-5-11(2)19-12(15)3/h5-6,9-10,14,16H,4,7-8H2,1-3H3,(H,20,22)/t14-,16+/m0/s1. The second-order valence-electron chi connectivity index (χ2n) is 5.89. The third-order valence-electron chi connectivity index (χ3n) is 4.22. The van der Waals surface area contributed by atoms with Gasteiger partial charge in [-0.05, 0) is 39.3 Å². The van der Waals surface area contributed by atoms with Crippen molar-refractivity contribution in [3.63, 3.8) is 0 Å². The highest BCUT2D eigenvalue weighted by molar-refractivity contribution is 5.93. The molecule has 0 unspecified atom stereocenters. The van der Waals surface area contributed by atoms with Gasteiger partial charge in [0.1, 0.15) is 0 Å². The number of pyridine rings is 1. The summed E-state index contributed by atoms with van der Waals surface area (Å²) < 4.78 is 7.64. The first-order chi connectivity index (χ1) is 11.1. The van der Waals surface area contributed by atoms with Crippen molar-refractivity contribution >= 4 is 11.6 Å². The van der Waals surface area contributed by atoms with Gasteiger partial charge in [-0.15, -0.1) is 0 Å². The van der Waals surface area contributed by atoms with E-state index < -0.39 is 0 Å². The molecule has 0 spiro atoms. The Morgan fingerprint density at radius 2 is 2.26 bits per heavy atom. The predicted molar refractivity (Wildman–Crippen MR) is 87.0 cm³/mol. The molecule has 1 N–H and O–H groups in total.